The normalized spacial score (nSPS) is 30.5. The predicted molar refractivity (Wildman–Crippen MR) is 124 cm³/mol. The first-order valence-electron chi connectivity index (χ1n) is 9.61. The van der Waals surface area contributed by atoms with E-state index in [-0.39, 0.29) is 20.1 Å². The highest BCUT2D eigenvalue weighted by Crippen LogP contribution is 2.56. The number of nitro groups is 1. The molecule has 32 heavy (non-hydrogen) atoms. The lowest BCUT2D eigenvalue weighted by Crippen LogP contribution is -2.52. The van der Waals surface area contributed by atoms with E-state index in [0.717, 1.165) is 10.7 Å². The maximum Gasteiger partial charge on any atom is 0.309 e. The van der Waals surface area contributed by atoms with Crippen molar-refractivity contribution in [2.24, 2.45) is 32.4 Å². The van der Waals surface area contributed by atoms with E-state index in [1.54, 1.807) is 0 Å². The molecule has 6 atom stereocenters. The van der Waals surface area contributed by atoms with Crippen LogP contribution in [0.2, 0.25) is 25.1 Å². The molecule has 2 heterocycles. The molecule has 0 radical (unpaired) electrons. The van der Waals surface area contributed by atoms with Crippen LogP contribution in [-0.4, -0.2) is 29.1 Å². The van der Waals surface area contributed by atoms with Crippen molar-refractivity contribution in [3.63, 3.8) is 0 Å². The van der Waals surface area contributed by atoms with Gasteiger partial charge in [-0.05, 0) is 36.8 Å². The van der Waals surface area contributed by atoms with E-state index in [0.29, 0.717) is 36.0 Å². The van der Waals surface area contributed by atoms with Crippen molar-refractivity contribution in [3.05, 3.63) is 65.6 Å². The van der Waals surface area contributed by atoms with Crippen molar-refractivity contribution < 1.29 is 4.92 Å². The first-order valence-corrected chi connectivity index (χ1v) is 11.5. The number of rotatable bonds is 2. The smallest absolute Gasteiger partial charge is 0.258 e. The maximum absolute atomic E-state index is 10.5. The number of benzene rings is 2. The summed E-state index contributed by atoms with van der Waals surface area (Å²) in [6.45, 7) is 0. The van der Waals surface area contributed by atoms with E-state index in [9.17, 15) is 10.1 Å². The Kier molecular flexibility index (Phi) is 5.70. The van der Waals surface area contributed by atoms with Gasteiger partial charge in [-0.25, -0.2) is 5.01 Å². The van der Waals surface area contributed by atoms with E-state index >= 15 is 0 Å². The van der Waals surface area contributed by atoms with Crippen LogP contribution in [-0.2, 0) is 0 Å². The minimum Gasteiger partial charge on any atom is -0.258 e. The summed E-state index contributed by atoms with van der Waals surface area (Å²) in [6, 6.07) is 10.6. The van der Waals surface area contributed by atoms with Crippen molar-refractivity contribution >= 4 is 69.4 Å². The van der Waals surface area contributed by atoms with Crippen LogP contribution in [0.25, 0.3) is 0 Å². The number of nitrogens with zero attached hydrogens (tertiary/aromatic N) is 6. The van der Waals surface area contributed by atoms with Crippen molar-refractivity contribution in [1.82, 2.24) is 0 Å². The second-order valence-electron chi connectivity index (χ2n) is 7.86. The van der Waals surface area contributed by atoms with Crippen molar-refractivity contribution in [3.8, 4) is 0 Å². The number of nitro benzene ring substituents is 1. The average Bonchev–Trinajstić information content (AvgIpc) is 3.36. The van der Waals surface area contributed by atoms with E-state index in [4.69, 9.17) is 58.0 Å². The highest BCUT2D eigenvalue weighted by Gasteiger charge is 2.65. The number of fused-ring (bicyclic) bond motifs is 8. The van der Waals surface area contributed by atoms with Crippen LogP contribution in [0.3, 0.4) is 0 Å². The van der Waals surface area contributed by atoms with E-state index in [2.05, 4.69) is 25.6 Å². The van der Waals surface area contributed by atoms with Crippen molar-refractivity contribution in [1.29, 1.82) is 0 Å². The van der Waals surface area contributed by atoms with Crippen LogP contribution in [0.4, 0.5) is 11.4 Å². The molecule has 0 saturated heterocycles. The molecule has 8 nitrogen and oxygen atoms in total. The van der Waals surface area contributed by atoms with Gasteiger partial charge in [-0.2, -0.15) is 15.3 Å². The molecule has 4 aliphatic rings. The number of halogens is 5. The molecule has 6 rings (SSSR count). The standard InChI is InChI=1S/C13H12ClN5.C6HCl4NO2/c14-6-1-3-7(4-2-6)19-13-9-5-8(12(13)17-18-19)10-11(9)16-15-10;7-2-1-3(8)5(10)6(4(2)9)11(12)13/h1-4,8-13H,5H2;1H/t8-,9+,10+,11-,12-,13+;/m1./s1. The van der Waals surface area contributed by atoms with E-state index in [1.165, 1.54) is 12.5 Å². The first kappa shape index (κ1) is 22.1. The topological polar surface area (TPSA) is 95.8 Å². The number of anilines is 1. The largest absolute Gasteiger partial charge is 0.309 e. The number of hydrogen-bond acceptors (Lipinski definition) is 7. The summed E-state index contributed by atoms with van der Waals surface area (Å²) in [4.78, 5) is 9.73. The summed E-state index contributed by atoms with van der Waals surface area (Å²) in [5, 5.41) is 30.3. The van der Waals surface area contributed by atoms with Crippen LogP contribution in [0.15, 0.2) is 50.9 Å². The molecule has 0 spiro atoms. The lowest BCUT2D eigenvalue weighted by Gasteiger charge is -2.38. The molecule has 2 fully saturated rings. The minimum absolute atomic E-state index is 0.00256. The Balaban J connectivity index is 0.000000147. The van der Waals surface area contributed by atoms with Crippen molar-refractivity contribution in [2.75, 3.05) is 5.01 Å². The molecule has 166 valence electrons. The predicted octanol–water partition coefficient (Wildman–Crippen LogP) is 7.33. The van der Waals surface area contributed by atoms with Crippen LogP contribution < -0.4 is 5.01 Å². The molecule has 0 N–H and O–H groups in total. The Hall–Kier alpha value is -1.71. The second-order valence-corrected chi connectivity index (χ2v) is 9.86. The van der Waals surface area contributed by atoms with Gasteiger partial charge in [0.25, 0.3) is 0 Å². The zero-order valence-corrected chi connectivity index (χ0v) is 19.7. The minimum atomic E-state index is -0.734. The number of azo groups is 1. The van der Waals surface area contributed by atoms with Gasteiger partial charge in [-0.15, -0.1) is 0 Å². The lowest BCUT2D eigenvalue weighted by atomic mass is 9.82. The van der Waals surface area contributed by atoms with Gasteiger partial charge in [0.05, 0.1) is 26.7 Å². The van der Waals surface area contributed by atoms with Crippen LogP contribution >= 0.6 is 58.0 Å². The summed E-state index contributed by atoms with van der Waals surface area (Å²) in [7, 11) is 0. The molecule has 2 saturated carbocycles. The van der Waals surface area contributed by atoms with Gasteiger partial charge in [-0.3, -0.25) is 10.1 Å². The SMILES string of the molecule is Clc1ccc(N2N=N[C@@H]3[C@@H]4C[C@@H]([C@H]5N=N[C@@H]45)[C@@H]32)cc1.O=[N+]([O-])c1c(Cl)c(Cl)cc(Cl)c1Cl. The summed E-state index contributed by atoms with van der Waals surface area (Å²) in [5.41, 5.74) is 0.599. The Labute approximate surface area is 207 Å². The third-order valence-corrected chi connectivity index (χ3v) is 8.07. The summed E-state index contributed by atoms with van der Waals surface area (Å²) >= 11 is 28.2. The molecular weight excluding hydrogens is 522 g/mol. The van der Waals surface area contributed by atoms with Gasteiger partial charge in [0.2, 0.25) is 0 Å². The van der Waals surface area contributed by atoms with Gasteiger partial charge >= 0.3 is 5.69 Å². The Morgan fingerprint density at radius 1 is 0.875 bits per heavy atom. The second kappa shape index (κ2) is 8.25. The maximum atomic E-state index is 10.5. The van der Waals surface area contributed by atoms with Crippen LogP contribution in [0.1, 0.15) is 6.42 Å². The molecule has 2 aromatic carbocycles. The fourth-order valence-electron chi connectivity index (χ4n) is 4.87. The van der Waals surface area contributed by atoms with Crippen LogP contribution in [0, 0.1) is 22.0 Å². The molecule has 0 aromatic heterocycles. The third-order valence-electron chi connectivity index (χ3n) is 6.26. The van der Waals surface area contributed by atoms with Gasteiger partial charge in [-0.1, -0.05) is 63.2 Å². The van der Waals surface area contributed by atoms with E-state index in [1.807, 2.05) is 24.3 Å². The highest BCUT2D eigenvalue weighted by molar-refractivity contribution is 6.49. The Morgan fingerprint density at radius 3 is 2.03 bits per heavy atom. The quantitative estimate of drug-likeness (QED) is 0.229. The molecule has 13 heteroatoms. The van der Waals surface area contributed by atoms with Gasteiger partial charge < -0.3 is 0 Å². The van der Waals surface area contributed by atoms with Crippen LogP contribution in [0.5, 0.6) is 0 Å². The lowest BCUT2D eigenvalue weighted by molar-refractivity contribution is -0.384. The Bertz CT molecular complexity index is 1130. The van der Waals surface area contributed by atoms with E-state index < -0.39 is 10.6 Å². The molecule has 2 aliphatic carbocycles. The fraction of sp³-hybridized carbons (Fsp3) is 0.368. The molecule has 0 unspecified atom stereocenters. The summed E-state index contributed by atoms with van der Waals surface area (Å²) < 4.78 is 0. The molecule has 2 aliphatic heterocycles. The Morgan fingerprint density at radius 2 is 1.47 bits per heavy atom. The number of hydrogen-bond donors (Lipinski definition) is 0. The summed E-state index contributed by atoms with van der Waals surface area (Å²) in [6.07, 6.45) is 1.20. The zero-order chi connectivity index (χ0) is 22.7. The molecule has 0 amide bonds. The highest BCUT2D eigenvalue weighted by atomic mass is 35.5. The molecule has 2 bridgehead atoms. The van der Waals surface area contributed by atoms with Gasteiger partial charge in [0.1, 0.15) is 28.2 Å². The van der Waals surface area contributed by atoms with Crippen molar-refractivity contribution in [2.45, 2.75) is 30.6 Å². The fourth-order valence-corrected chi connectivity index (χ4v) is 5.94. The average molecular weight is 535 g/mol. The third kappa shape index (κ3) is 3.44. The zero-order valence-electron chi connectivity index (χ0n) is 15.9. The molecule has 2 aromatic rings. The van der Waals surface area contributed by atoms with Gasteiger partial charge in [0.15, 0.2) is 0 Å². The monoisotopic (exact) mass is 532 g/mol. The molecular formula is C19H13Cl5N6O2. The summed E-state index contributed by atoms with van der Waals surface area (Å²) in [5.74, 6) is 1.11. The van der Waals surface area contributed by atoms with Gasteiger partial charge in [0, 0.05) is 16.9 Å². The first-order chi connectivity index (χ1) is 15.3.